The highest BCUT2D eigenvalue weighted by molar-refractivity contribution is 5.96. The van der Waals surface area contributed by atoms with Crippen molar-refractivity contribution in [3.05, 3.63) is 36.2 Å². The Hall–Kier alpha value is -3.10. The lowest BCUT2D eigenvalue weighted by Gasteiger charge is -2.29. The van der Waals surface area contributed by atoms with Crippen LogP contribution >= 0.6 is 0 Å². The summed E-state index contributed by atoms with van der Waals surface area (Å²) in [4.78, 5) is 15.2. The maximum absolute atomic E-state index is 5.44. The average Bonchev–Trinajstić information content (AvgIpc) is 3.39. The molecule has 1 fully saturated rings. The SMILES string of the molecule is COc1cc2c(nc1OC)c(-c1cc3c(CNC4CCN(C)CC4)ccnc3[nH]1)cn2C. The van der Waals surface area contributed by atoms with Crippen LogP contribution in [0.1, 0.15) is 18.4 Å². The number of aromatic amines is 1. The van der Waals surface area contributed by atoms with Gasteiger partial charge in [0.2, 0.25) is 0 Å². The summed E-state index contributed by atoms with van der Waals surface area (Å²) in [6.07, 6.45) is 6.34. The van der Waals surface area contributed by atoms with E-state index in [0.717, 1.165) is 53.0 Å². The molecule has 0 unspecified atom stereocenters. The van der Waals surface area contributed by atoms with Gasteiger partial charge in [-0.2, -0.15) is 0 Å². The molecule has 8 nitrogen and oxygen atoms in total. The van der Waals surface area contributed by atoms with Crippen molar-refractivity contribution in [3.63, 3.8) is 0 Å². The highest BCUT2D eigenvalue weighted by Gasteiger charge is 2.19. The minimum Gasteiger partial charge on any atom is -0.491 e. The van der Waals surface area contributed by atoms with Crippen molar-refractivity contribution in [2.45, 2.75) is 25.4 Å². The zero-order valence-electron chi connectivity index (χ0n) is 19.1. The summed E-state index contributed by atoms with van der Waals surface area (Å²) in [5, 5.41) is 4.89. The summed E-state index contributed by atoms with van der Waals surface area (Å²) in [7, 11) is 7.44. The summed E-state index contributed by atoms with van der Waals surface area (Å²) >= 11 is 0. The van der Waals surface area contributed by atoms with E-state index in [0.29, 0.717) is 17.7 Å². The van der Waals surface area contributed by atoms with Crippen molar-refractivity contribution in [2.75, 3.05) is 34.4 Å². The van der Waals surface area contributed by atoms with E-state index in [1.165, 1.54) is 18.4 Å². The second-order valence-electron chi connectivity index (χ2n) is 8.60. The summed E-state index contributed by atoms with van der Waals surface area (Å²) in [5.74, 6) is 1.10. The molecule has 0 aromatic carbocycles. The van der Waals surface area contributed by atoms with Crippen molar-refractivity contribution in [2.24, 2.45) is 7.05 Å². The first-order valence-corrected chi connectivity index (χ1v) is 11.0. The van der Waals surface area contributed by atoms with Gasteiger partial charge in [-0.15, -0.1) is 0 Å². The first-order chi connectivity index (χ1) is 15.6. The minimum absolute atomic E-state index is 0.477. The summed E-state index contributed by atoms with van der Waals surface area (Å²) in [6, 6.07) is 6.82. The Morgan fingerprint density at radius 1 is 1.16 bits per heavy atom. The number of rotatable bonds is 6. The lowest BCUT2D eigenvalue weighted by Crippen LogP contribution is -2.40. The molecule has 0 bridgehead atoms. The van der Waals surface area contributed by atoms with Crippen LogP contribution in [-0.2, 0) is 13.6 Å². The van der Waals surface area contributed by atoms with E-state index < -0.39 is 0 Å². The van der Waals surface area contributed by atoms with Crippen LogP contribution in [0.25, 0.3) is 33.3 Å². The van der Waals surface area contributed by atoms with Crippen LogP contribution in [-0.4, -0.2) is 64.8 Å². The number of hydrogen-bond donors (Lipinski definition) is 2. The van der Waals surface area contributed by atoms with Crippen LogP contribution in [0, 0.1) is 0 Å². The van der Waals surface area contributed by atoms with Crippen LogP contribution in [0.2, 0.25) is 0 Å². The van der Waals surface area contributed by atoms with E-state index in [2.05, 4.69) is 50.1 Å². The van der Waals surface area contributed by atoms with Gasteiger partial charge in [-0.25, -0.2) is 9.97 Å². The number of nitrogens with one attached hydrogen (secondary N) is 2. The normalized spacial score (nSPS) is 15.6. The third kappa shape index (κ3) is 3.69. The molecular weight excluding hydrogens is 404 g/mol. The molecule has 0 radical (unpaired) electrons. The number of aryl methyl sites for hydroxylation is 1. The van der Waals surface area contributed by atoms with E-state index in [1.807, 2.05) is 19.3 Å². The first kappa shape index (κ1) is 20.8. The third-order valence-electron chi connectivity index (χ3n) is 6.52. The van der Waals surface area contributed by atoms with E-state index in [1.54, 1.807) is 14.2 Å². The number of fused-ring (bicyclic) bond motifs is 2. The molecule has 1 aliphatic rings. The van der Waals surface area contributed by atoms with Crippen LogP contribution in [0.3, 0.4) is 0 Å². The molecule has 2 N–H and O–H groups in total. The Morgan fingerprint density at radius 3 is 2.72 bits per heavy atom. The highest BCUT2D eigenvalue weighted by Crippen LogP contribution is 2.36. The molecule has 4 aromatic rings. The number of piperidine rings is 1. The Bertz CT molecular complexity index is 1250. The van der Waals surface area contributed by atoms with Gasteiger partial charge in [0, 0.05) is 49.0 Å². The molecule has 5 rings (SSSR count). The van der Waals surface area contributed by atoms with Crippen molar-refractivity contribution in [1.29, 1.82) is 0 Å². The second kappa shape index (κ2) is 8.44. The van der Waals surface area contributed by atoms with Gasteiger partial charge >= 0.3 is 0 Å². The van der Waals surface area contributed by atoms with E-state index >= 15 is 0 Å². The van der Waals surface area contributed by atoms with Crippen molar-refractivity contribution in [3.8, 4) is 22.9 Å². The topological polar surface area (TPSA) is 80.2 Å². The molecule has 5 heterocycles. The van der Waals surface area contributed by atoms with E-state index in [-0.39, 0.29) is 0 Å². The molecule has 1 saturated heterocycles. The summed E-state index contributed by atoms with van der Waals surface area (Å²) < 4.78 is 12.9. The maximum Gasteiger partial charge on any atom is 0.257 e. The summed E-state index contributed by atoms with van der Waals surface area (Å²) in [5.41, 5.74) is 5.99. The lowest BCUT2D eigenvalue weighted by atomic mass is 10.0. The van der Waals surface area contributed by atoms with Crippen LogP contribution in [0.5, 0.6) is 11.6 Å². The quantitative estimate of drug-likeness (QED) is 0.485. The molecule has 32 heavy (non-hydrogen) atoms. The van der Waals surface area contributed by atoms with Gasteiger partial charge in [0.25, 0.3) is 5.88 Å². The molecule has 8 heteroatoms. The Morgan fingerprint density at radius 2 is 1.97 bits per heavy atom. The number of aromatic nitrogens is 4. The van der Waals surface area contributed by atoms with Gasteiger partial charge in [-0.05, 0) is 50.7 Å². The van der Waals surface area contributed by atoms with Crippen LogP contribution in [0.15, 0.2) is 30.6 Å². The number of methoxy groups -OCH3 is 2. The van der Waals surface area contributed by atoms with E-state index in [4.69, 9.17) is 14.5 Å². The molecule has 168 valence electrons. The molecule has 0 spiro atoms. The zero-order chi connectivity index (χ0) is 22.2. The molecular formula is C24H30N6O2. The Balaban J connectivity index is 1.49. The van der Waals surface area contributed by atoms with Gasteiger partial charge < -0.3 is 29.2 Å². The second-order valence-corrected chi connectivity index (χ2v) is 8.60. The fraction of sp³-hybridized carbons (Fsp3) is 0.417. The van der Waals surface area contributed by atoms with Crippen LogP contribution in [0.4, 0.5) is 0 Å². The molecule has 0 aliphatic carbocycles. The molecule has 4 aromatic heterocycles. The van der Waals surface area contributed by atoms with Crippen molar-refractivity contribution in [1.82, 2.24) is 29.7 Å². The van der Waals surface area contributed by atoms with Gasteiger partial charge in [0.15, 0.2) is 5.75 Å². The fourth-order valence-electron chi connectivity index (χ4n) is 4.60. The maximum atomic E-state index is 5.44. The van der Waals surface area contributed by atoms with Gasteiger partial charge in [-0.1, -0.05) is 0 Å². The standard InChI is InChI=1S/C24H30N6O2/c1-29-9-6-16(7-10-29)26-13-15-5-8-25-23-17(15)11-19(27-23)18-14-30(2)20-12-21(31-3)24(32-4)28-22(18)20/h5,8,11-12,14,16,26H,6-7,9-10,13H2,1-4H3,(H,25,27). The molecule has 0 amide bonds. The molecule has 1 aliphatic heterocycles. The number of likely N-dealkylation sites (tertiary alicyclic amines) is 1. The fourth-order valence-corrected chi connectivity index (χ4v) is 4.60. The molecule has 0 saturated carbocycles. The number of pyridine rings is 2. The van der Waals surface area contributed by atoms with Gasteiger partial charge in [0.1, 0.15) is 11.2 Å². The summed E-state index contributed by atoms with van der Waals surface area (Å²) in [6.45, 7) is 3.14. The Kier molecular flexibility index (Phi) is 5.48. The average molecular weight is 435 g/mol. The first-order valence-electron chi connectivity index (χ1n) is 11.0. The monoisotopic (exact) mass is 434 g/mol. The van der Waals surface area contributed by atoms with Crippen molar-refractivity contribution < 1.29 is 9.47 Å². The molecule has 0 atom stereocenters. The predicted molar refractivity (Wildman–Crippen MR) is 126 cm³/mol. The zero-order valence-corrected chi connectivity index (χ0v) is 19.1. The number of H-pyrrole nitrogens is 1. The largest absolute Gasteiger partial charge is 0.491 e. The number of hydrogen-bond acceptors (Lipinski definition) is 6. The van der Waals surface area contributed by atoms with E-state index in [9.17, 15) is 0 Å². The Labute approximate surface area is 187 Å². The number of nitrogens with zero attached hydrogens (tertiary/aromatic N) is 4. The third-order valence-corrected chi connectivity index (χ3v) is 6.52. The predicted octanol–water partition coefficient (Wildman–Crippen LogP) is 3.32. The van der Waals surface area contributed by atoms with Gasteiger partial charge in [0.05, 0.1) is 25.4 Å². The number of ether oxygens (including phenoxy) is 2. The van der Waals surface area contributed by atoms with Crippen LogP contribution < -0.4 is 14.8 Å². The smallest absolute Gasteiger partial charge is 0.257 e. The minimum atomic E-state index is 0.477. The lowest BCUT2D eigenvalue weighted by molar-refractivity contribution is 0.234. The van der Waals surface area contributed by atoms with Crippen molar-refractivity contribution >= 4 is 22.1 Å². The highest BCUT2D eigenvalue weighted by atomic mass is 16.5. The van der Waals surface area contributed by atoms with Gasteiger partial charge in [-0.3, -0.25) is 0 Å².